The maximum atomic E-state index is 13.6. The highest BCUT2D eigenvalue weighted by atomic mass is 19.3. The topological polar surface area (TPSA) is 52.7 Å². The Labute approximate surface area is 147 Å². The van der Waals surface area contributed by atoms with E-state index in [1.165, 1.54) is 6.07 Å². The lowest BCUT2D eigenvalue weighted by molar-refractivity contribution is 0.0710. The SMILES string of the molecule is O=c1ccc(-c2ccccc2)nn1Cc1nc2ccccc2n1C(F)F. The van der Waals surface area contributed by atoms with E-state index in [-0.39, 0.29) is 17.9 Å². The quantitative estimate of drug-likeness (QED) is 0.563. The van der Waals surface area contributed by atoms with Crippen LogP contribution >= 0.6 is 0 Å². The second-order valence-electron chi connectivity index (χ2n) is 5.74. The van der Waals surface area contributed by atoms with Crippen molar-refractivity contribution in [1.29, 1.82) is 0 Å². The summed E-state index contributed by atoms with van der Waals surface area (Å²) in [6, 6.07) is 19.0. The predicted octanol–water partition coefficient (Wildman–Crippen LogP) is 3.70. The number of imidazole rings is 1. The first-order valence-corrected chi connectivity index (χ1v) is 8.01. The minimum atomic E-state index is -2.76. The molecule has 0 saturated heterocycles. The standard InChI is InChI=1S/C19H14F2N4O/c20-19(21)25-16-9-5-4-8-15(16)22-17(25)12-24-18(26)11-10-14(23-24)13-6-2-1-3-7-13/h1-11,19H,12H2. The third kappa shape index (κ3) is 2.88. The van der Waals surface area contributed by atoms with Crippen molar-refractivity contribution in [2.75, 3.05) is 0 Å². The summed E-state index contributed by atoms with van der Waals surface area (Å²) in [5, 5.41) is 4.31. The first-order valence-electron chi connectivity index (χ1n) is 8.01. The van der Waals surface area contributed by atoms with Crippen LogP contribution < -0.4 is 5.56 Å². The van der Waals surface area contributed by atoms with Crippen LogP contribution in [0.25, 0.3) is 22.3 Å². The van der Waals surface area contributed by atoms with E-state index in [2.05, 4.69) is 10.1 Å². The largest absolute Gasteiger partial charge is 0.320 e. The van der Waals surface area contributed by atoms with Crippen LogP contribution in [0.4, 0.5) is 8.78 Å². The van der Waals surface area contributed by atoms with E-state index in [4.69, 9.17) is 0 Å². The summed E-state index contributed by atoms with van der Waals surface area (Å²) in [5.41, 5.74) is 1.82. The van der Waals surface area contributed by atoms with Crippen LogP contribution in [-0.2, 0) is 6.54 Å². The Kier molecular flexibility index (Phi) is 4.04. The van der Waals surface area contributed by atoms with Crippen molar-refractivity contribution in [2.24, 2.45) is 0 Å². The Morgan fingerprint density at radius 2 is 1.65 bits per heavy atom. The summed E-state index contributed by atoms with van der Waals surface area (Å²) < 4.78 is 29.1. The molecule has 2 heterocycles. The molecular formula is C19H14F2N4O. The van der Waals surface area contributed by atoms with Gasteiger partial charge in [0.15, 0.2) is 0 Å². The molecule has 0 unspecified atom stereocenters. The lowest BCUT2D eigenvalue weighted by Crippen LogP contribution is -2.24. The maximum absolute atomic E-state index is 13.6. The molecular weight excluding hydrogens is 338 g/mol. The number of rotatable bonds is 4. The number of fused-ring (bicyclic) bond motifs is 1. The smallest absolute Gasteiger partial charge is 0.269 e. The fourth-order valence-corrected chi connectivity index (χ4v) is 2.88. The van der Waals surface area contributed by atoms with Crippen LogP contribution in [0.3, 0.4) is 0 Å². The Morgan fingerprint density at radius 3 is 2.42 bits per heavy atom. The number of halogens is 2. The lowest BCUT2D eigenvalue weighted by atomic mass is 10.1. The second kappa shape index (κ2) is 6.51. The number of benzene rings is 2. The molecule has 130 valence electrons. The van der Waals surface area contributed by atoms with E-state index < -0.39 is 6.55 Å². The van der Waals surface area contributed by atoms with E-state index in [1.807, 2.05) is 30.3 Å². The predicted molar refractivity (Wildman–Crippen MR) is 94.0 cm³/mol. The fourth-order valence-electron chi connectivity index (χ4n) is 2.88. The third-order valence-corrected chi connectivity index (χ3v) is 4.09. The van der Waals surface area contributed by atoms with Gasteiger partial charge in [0.25, 0.3) is 5.56 Å². The fraction of sp³-hybridized carbons (Fsp3) is 0.105. The number of hydrogen-bond donors (Lipinski definition) is 0. The molecule has 0 N–H and O–H groups in total. The van der Waals surface area contributed by atoms with Crippen LogP contribution in [0.5, 0.6) is 0 Å². The van der Waals surface area contributed by atoms with Crippen LogP contribution in [0.15, 0.2) is 71.5 Å². The van der Waals surface area contributed by atoms with Gasteiger partial charge in [-0.15, -0.1) is 0 Å². The number of hydrogen-bond acceptors (Lipinski definition) is 3. The van der Waals surface area contributed by atoms with Crippen LogP contribution in [0.1, 0.15) is 12.4 Å². The van der Waals surface area contributed by atoms with Gasteiger partial charge in [-0.2, -0.15) is 13.9 Å². The zero-order valence-corrected chi connectivity index (χ0v) is 13.6. The lowest BCUT2D eigenvalue weighted by Gasteiger charge is -2.10. The van der Waals surface area contributed by atoms with E-state index in [0.29, 0.717) is 16.7 Å². The van der Waals surface area contributed by atoms with Crippen molar-refractivity contribution >= 4 is 11.0 Å². The highest BCUT2D eigenvalue weighted by molar-refractivity contribution is 5.76. The van der Waals surface area contributed by atoms with Crippen molar-refractivity contribution in [1.82, 2.24) is 19.3 Å². The van der Waals surface area contributed by atoms with Crippen LogP contribution in [-0.4, -0.2) is 19.3 Å². The summed E-state index contributed by atoms with van der Waals surface area (Å²) in [5.74, 6) is 0.0843. The molecule has 5 nitrogen and oxygen atoms in total. The third-order valence-electron chi connectivity index (χ3n) is 4.09. The first-order chi connectivity index (χ1) is 12.6. The average Bonchev–Trinajstić information content (AvgIpc) is 3.02. The highest BCUT2D eigenvalue weighted by Crippen LogP contribution is 2.23. The van der Waals surface area contributed by atoms with Gasteiger partial charge in [0.1, 0.15) is 12.4 Å². The minimum absolute atomic E-state index is 0.0843. The Hall–Kier alpha value is -3.35. The van der Waals surface area contributed by atoms with E-state index in [1.54, 1.807) is 30.3 Å². The molecule has 0 aliphatic heterocycles. The van der Waals surface area contributed by atoms with Gasteiger partial charge in [-0.25, -0.2) is 9.67 Å². The van der Waals surface area contributed by atoms with E-state index in [9.17, 15) is 13.6 Å². The second-order valence-corrected chi connectivity index (χ2v) is 5.74. The summed E-state index contributed by atoms with van der Waals surface area (Å²) in [6.07, 6.45) is 0. The Bertz CT molecular complexity index is 1120. The summed E-state index contributed by atoms with van der Waals surface area (Å²) in [4.78, 5) is 16.4. The number of nitrogens with zero attached hydrogens (tertiary/aromatic N) is 4. The van der Waals surface area contributed by atoms with Crippen molar-refractivity contribution in [3.8, 4) is 11.3 Å². The highest BCUT2D eigenvalue weighted by Gasteiger charge is 2.18. The average molecular weight is 352 g/mol. The molecule has 0 amide bonds. The van der Waals surface area contributed by atoms with E-state index in [0.717, 1.165) is 14.8 Å². The molecule has 7 heteroatoms. The van der Waals surface area contributed by atoms with Gasteiger partial charge < -0.3 is 0 Å². The number of aromatic nitrogens is 4. The van der Waals surface area contributed by atoms with Gasteiger partial charge in [-0.05, 0) is 18.2 Å². The molecule has 0 atom stereocenters. The molecule has 0 aliphatic carbocycles. The summed E-state index contributed by atoms with van der Waals surface area (Å²) >= 11 is 0. The maximum Gasteiger partial charge on any atom is 0.320 e. The molecule has 0 aliphatic rings. The molecule has 0 fully saturated rings. The Balaban J connectivity index is 1.80. The molecule has 0 saturated carbocycles. The number of para-hydroxylation sites is 2. The van der Waals surface area contributed by atoms with Gasteiger partial charge >= 0.3 is 6.55 Å². The van der Waals surface area contributed by atoms with Crippen molar-refractivity contribution in [3.05, 3.63) is 82.9 Å². The zero-order chi connectivity index (χ0) is 18.1. The van der Waals surface area contributed by atoms with Gasteiger partial charge in [0.2, 0.25) is 0 Å². The molecule has 2 aromatic carbocycles. The van der Waals surface area contributed by atoms with Gasteiger partial charge in [-0.1, -0.05) is 42.5 Å². The Morgan fingerprint density at radius 1 is 0.923 bits per heavy atom. The zero-order valence-electron chi connectivity index (χ0n) is 13.6. The minimum Gasteiger partial charge on any atom is -0.269 e. The van der Waals surface area contributed by atoms with Crippen LogP contribution in [0, 0.1) is 0 Å². The molecule has 2 aromatic heterocycles. The molecule has 4 aromatic rings. The summed E-state index contributed by atoms with van der Waals surface area (Å²) in [6.45, 7) is -2.90. The summed E-state index contributed by atoms with van der Waals surface area (Å²) in [7, 11) is 0. The first kappa shape index (κ1) is 16.1. The molecule has 0 spiro atoms. The normalized spacial score (nSPS) is 11.3. The number of alkyl halides is 2. The monoisotopic (exact) mass is 352 g/mol. The molecule has 0 radical (unpaired) electrons. The van der Waals surface area contributed by atoms with Crippen molar-refractivity contribution in [2.45, 2.75) is 13.1 Å². The van der Waals surface area contributed by atoms with Crippen molar-refractivity contribution < 1.29 is 8.78 Å². The van der Waals surface area contributed by atoms with Crippen LogP contribution in [0.2, 0.25) is 0 Å². The molecule has 4 rings (SSSR count). The van der Waals surface area contributed by atoms with E-state index >= 15 is 0 Å². The molecule has 0 bridgehead atoms. The van der Waals surface area contributed by atoms with Gasteiger partial charge in [-0.3, -0.25) is 9.36 Å². The van der Waals surface area contributed by atoms with Gasteiger partial charge in [0, 0.05) is 11.6 Å². The van der Waals surface area contributed by atoms with Crippen molar-refractivity contribution in [3.63, 3.8) is 0 Å². The van der Waals surface area contributed by atoms with Gasteiger partial charge in [0.05, 0.1) is 16.7 Å². The molecule has 26 heavy (non-hydrogen) atoms.